The molecule has 4 nitrogen and oxygen atoms in total. The molecule has 23 heavy (non-hydrogen) atoms. The average Bonchev–Trinajstić information content (AvgIpc) is 2.90. The largest absolute Gasteiger partial charge is 0.508 e. The molecule has 1 saturated carbocycles. The van der Waals surface area contributed by atoms with Crippen molar-refractivity contribution in [1.29, 1.82) is 0 Å². The van der Waals surface area contributed by atoms with Crippen molar-refractivity contribution < 1.29 is 5.11 Å². The van der Waals surface area contributed by atoms with Gasteiger partial charge in [0.25, 0.3) is 0 Å². The van der Waals surface area contributed by atoms with Crippen molar-refractivity contribution in [3.05, 3.63) is 45.2 Å². The van der Waals surface area contributed by atoms with E-state index in [9.17, 15) is 5.11 Å². The molecule has 0 spiro atoms. The maximum absolute atomic E-state index is 9.80. The minimum Gasteiger partial charge on any atom is -0.508 e. The predicted molar refractivity (Wildman–Crippen MR) is 95.3 cm³/mol. The Bertz CT molecular complexity index is 767. The van der Waals surface area contributed by atoms with Gasteiger partial charge in [-0.2, -0.15) is 5.10 Å². The Kier molecular flexibility index (Phi) is 4.96. The summed E-state index contributed by atoms with van der Waals surface area (Å²) in [5.41, 5.74) is 2.85. The molecule has 0 saturated heterocycles. The smallest absolute Gasteiger partial charge is 0.206 e. The maximum Gasteiger partial charge on any atom is 0.206 e. The van der Waals surface area contributed by atoms with Crippen LogP contribution >= 0.6 is 11.3 Å². The molecule has 0 unspecified atom stereocenters. The zero-order valence-corrected chi connectivity index (χ0v) is 14.5. The van der Waals surface area contributed by atoms with Crippen molar-refractivity contribution in [2.45, 2.75) is 52.0 Å². The highest BCUT2D eigenvalue weighted by atomic mass is 32.1. The van der Waals surface area contributed by atoms with Gasteiger partial charge < -0.3 is 5.11 Å². The van der Waals surface area contributed by atoms with Gasteiger partial charge in [-0.1, -0.05) is 31.4 Å². The summed E-state index contributed by atoms with van der Waals surface area (Å²) in [4.78, 5) is 5.87. The van der Waals surface area contributed by atoms with Crippen molar-refractivity contribution in [2.24, 2.45) is 10.1 Å². The fraction of sp³-hybridized carbons (Fsp3) is 0.444. The van der Waals surface area contributed by atoms with Gasteiger partial charge >= 0.3 is 0 Å². The highest BCUT2D eigenvalue weighted by Gasteiger charge is 2.12. The molecule has 5 heteroatoms. The first-order chi connectivity index (χ1) is 11.1. The van der Waals surface area contributed by atoms with E-state index in [0.29, 0.717) is 11.8 Å². The average molecular weight is 329 g/mol. The van der Waals surface area contributed by atoms with Crippen molar-refractivity contribution in [1.82, 2.24) is 4.68 Å². The molecular weight excluding hydrogens is 306 g/mol. The topological polar surface area (TPSA) is 49.9 Å². The highest BCUT2D eigenvalue weighted by molar-refractivity contribution is 7.07. The number of thiazole rings is 1. The Morgan fingerprint density at radius 3 is 2.78 bits per heavy atom. The van der Waals surface area contributed by atoms with Crippen molar-refractivity contribution in [2.75, 3.05) is 0 Å². The molecule has 1 aromatic heterocycles. The maximum atomic E-state index is 9.80. The lowest BCUT2D eigenvalue weighted by molar-refractivity contribution is 0.435. The molecule has 0 bridgehead atoms. The summed E-state index contributed by atoms with van der Waals surface area (Å²) in [6, 6.07) is 5.92. The third-order valence-corrected chi connectivity index (χ3v) is 5.33. The molecule has 1 aliphatic rings. The molecule has 3 rings (SSSR count). The number of phenols is 1. The molecule has 1 fully saturated rings. The van der Waals surface area contributed by atoms with Crippen molar-refractivity contribution in [3.8, 4) is 5.75 Å². The molecule has 1 aliphatic carbocycles. The van der Waals surface area contributed by atoms with E-state index < -0.39 is 0 Å². The normalized spacial score (nSPS) is 17.2. The van der Waals surface area contributed by atoms with Gasteiger partial charge in [0.05, 0.1) is 18.0 Å². The van der Waals surface area contributed by atoms with Crippen LogP contribution in [0.5, 0.6) is 5.75 Å². The second-order valence-corrected chi connectivity index (χ2v) is 6.96. The van der Waals surface area contributed by atoms with Crippen molar-refractivity contribution in [3.63, 3.8) is 0 Å². The predicted octanol–water partition coefficient (Wildman–Crippen LogP) is 3.99. The van der Waals surface area contributed by atoms with Gasteiger partial charge in [0.15, 0.2) is 0 Å². The summed E-state index contributed by atoms with van der Waals surface area (Å²) in [6.45, 7) is 3.94. The Hall–Kier alpha value is -1.88. The van der Waals surface area contributed by atoms with Crippen LogP contribution in [0.2, 0.25) is 0 Å². The zero-order valence-electron chi connectivity index (χ0n) is 13.7. The van der Waals surface area contributed by atoms with Gasteiger partial charge in [0.2, 0.25) is 4.80 Å². The van der Waals surface area contributed by atoms with Gasteiger partial charge in [-0.3, -0.25) is 4.99 Å². The Morgan fingerprint density at radius 2 is 2.00 bits per heavy atom. The van der Waals surface area contributed by atoms with Gasteiger partial charge in [-0.25, -0.2) is 4.68 Å². The first-order valence-corrected chi connectivity index (χ1v) is 9.07. The van der Waals surface area contributed by atoms with Crippen LogP contribution in [0.15, 0.2) is 33.7 Å². The molecule has 1 aromatic carbocycles. The summed E-state index contributed by atoms with van der Waals surface area (Å²) in [5, 5.41) is 16.5. The number of aromatic hydroxyl groups is 1. The first-order valence-electron chi connectivity index (χ1n) is 8.19. The van der Waals surface area contributed by atoms with Crippen LogP contribution in [-0.4, -0.2) is 22.0 Å². The Morgan fingerprint density at radius 1 is 1.22 bits per heavy atom. The van der Waals surface area contributed by atoms with Crippen LogP contribution in [0.25, 0.3) is 0 Å². The van der Waals surface area contributed by atoms with Crippen LogP contribution in [0.3, 0.4) is 0 Å². The SMILES string of the molecule is Cc1c(O)cccc1/C=N/n1c(C)cs/c1=N\C1CCCCC1. The van der Waals surface area contributed by atoms with Gasteiger partial charge in [-0.15, -0.1) is 11.3 Å². The molecule has 2 aromatic rings. The quantitative estimate of drug-likeness (QED) is 0.851. The standard InChI is InChI=1S/C18H23N3OS/c1-13-12-23-18(20-16-8-4-3-5-9-16)21(13)19-11-15-7-6-10-17(22)14(15)2/h6-7,10-12,16,22H,3-5,8-9H2,1-2H3/b19-11+,20-18-. The number of hydrogen-bond donors (Lipinski definition) is 1. The molecule has 0 amide bonds. The monoisotopic (exact) mass is 329 g/mol. The summed E-state index contributed by atoms with van der Waals surface area (Å²) >= 11 is 1.65. The first kappa shape index (κ1) is 16.0. The van der Waals surface area contributed by atoms with E-state index in [-0.39, 0.29) is 0 Å². The molecule has 0 atom stereocenters. The van der Waals surface area contributed by atoms with Gasteiger partial charge in [0.1, 0.15) is 5.75 Å². The second kappa shape index (κ2) is 7.13. The third-order valence-electron chi connectivity index (χ3n) is 4.38. The van der Waals surface area contributed by atoms with E-state index in [1.54, 1.807) is 23.6 Å². The van der Waals surface area contributed by atoms with Crippen LogP contribution in [-0.2, 0) is 0 Å². The van der Waals surface area contributed by atoms with Crippen LogP contribution < -0.4 is 4.80 Å². The molecule has 0 radical (unpaired) electrons. The third kappa shape index (κ3) is 3.72. The van der Waals surface area contributed by atoms with E-state index in [1.807, 2.05) is 30.7 Å². The van der Waals surface area contributed by atoms with Crippen LogP contribution in [0.1, 0.15) is 48.9 Å². The number of aromatic nitrogens is 1. The molecule has 0 aliphatic heterocycles. The Labute approximate surface area is 140 Å². The lowest BCUT2D eigenvalue weighted by Gasteiger charge is -2.16. The number of rotatable bonds is 3. The van der Waals surface area contributed by atoms with E-state index in [1.165, 1.54) is 32.1 Å². The minimum absolute atomic E-state index is 0.299. The number of benzene rings is 1. The lowest BCUT2D eigenvalue weighted by atomic mass is 9.96. The summed E-state index contributed by atoms with van der Waals surface area (Å²) in [6.07, 6.45) is 8.08. The Balaban J connectivity index is 1.91. The second-order valence-electron chi connectivity index (χ2n) is 6.13. The van der Waals surface area contributed by atoms with E-state index >= 15 is 0 Å². The van der Waals surface area contributed by atoms with Crippen LogP contribution in [0, 0.1) is 13.8 Å². The van der Waals surface area contributed by atoms with Crippen LogP contribution in [0.4, 0.5) is 0 Å². The van der Waals surface area contributed by atoms with Gasteiger partial charge in [-0.05, 0) is 38.3 Å². The summed E-state index contributed by atoms with van der Waals surface area (Å²) < 4.78 is 1.91. The minimum atomic E-state index is 0.299. The van der Waals surface area contributed by atoms with Gasteiger partial charge in [0, 0.05) is 10.9 Å². The van der Waals surface area contributed by atoms with Crippen molar-refractivity contribution >= 4 is 17.6 Å². The zero-order chi connectivity index (χ0) is 16.2. The van der Waals surface area contributed by atoms with E-state index in [4.69, 9.17) is 4.99 Å². The lowest BCUT2D eigenvalue weighted by Crippen LogP contribution is -2.19. The fourth-order valence-electron chi connectivity index (χ4n) is 2.88. The fourth-order valence-corrected chi connectivity index (χ4v) is 3.76. The van der Waals surface area contributed by atoms with E-state index in [2.05, 4.69) is 10.5 Å². The summed E-state index contributed by atoms with van der Waals surface area (Å²) in [5.74, 6) is 0.299. The van der Waals surface area contributed by atoms with E-state index in [0.717, 1.165) is 21.6 Å². The number of phenolic OH excluding ortho intramolecular Hbond substituents is 1. The molecule has 122 valence electrons. The number of aryl methyl sites for hydroxylation is 1. The molecular formula is C18H23N3OS. The summed E-state index contributed by atoms with van der Waals surface area (Å²) in [7, 11) is 0. The molecule has 1 heterocycles. The molecule has 1 N–H and O–H groups in total. The number of nitrogens with zero attached hydrogens (tertiary/aromatic N) is 3. The number of hydrogen-bond acceptors (Lipinski definition) is 4. The highest BCUT2D eigenvalue weighted by Crippen LogP contribution is 2.20.